The summed E-state index contributed by atoms with van der Waals surface area (Å²) in [6.45, 7) is 8.71. The first-order valence-corrected chi connectivity index (χ1v) is 23.9. The van der Waals surface area contributed by atoms with Crippen LogP contribution in [0, 0.1) is 12.3 Å². The molecule has 0 amide bonds. The first-order valence-electron chi connectivity index (χ1n) is 23.9. The van der Waals surface area contributed by atoms with Crippen molar-refractivity contribution in [2.24, 2.45) is 0 Å². The van der Waals surface area contributed by atoms with E-state index in [0.717, 1.165) is 49.7 Å². The fourth-order valence-corrected chi connectivity index (χ4v) is 7.29. The zero-order chi connectivity index (χ0) is 40.9. The van der Waals surface area contributed by atoms with Crippen molar-refractivity contribution in [2.45, 2.75) is 220 Å². The highest BCUT2D eigenvalue weighted by molar-refractivity contribution is 5.91. The van der Waals surface area contributed by atoms with Crippen LogP contribution < -0.4 is 14.2 Å². The number of hydrogen-bond acceptors (Lipinski definition) is 5. The molecule has 0 aliphatic heterocycles. The number of benzene rings is 2. The third-order valence-corrected chi connectivity index (χ3v) is 11.0. The molecule has 57 heavy (non-hydrogen) atoms. The van der Waals surface area contributed by atoms with Gasteiger partial charge in [0.05, 0.1) is 25.4 Å². The highest BCUT2D eigenvalue weighted by atomic mass is 16.5. The van der Waals surface area contributed by atoms with Crippen LogP contribution in [0.25, 0.3) is 0 Å². The molecule has 0 unspecified atom stereocenters. The molecule has 0 aliphatic carbocycles. The maximum atomic E-state index is 13.5. The molecular weight excluding hydrogens is 705 g/mol. The van der Waals surface area contributed by atoms with E-state index in [-0.39, 0.29) is 6.61 Å². The monoisotopic (exact) mass is 789 g/mol. The molecule has 0 spiro atoms. The van der Waals surface area contributed by atoms with Gasteiger partial charge in [0.15, 0.2) is 11.5 Å². The van der Waals surface area contributed by atoms with E-state index < -0.39 is 5.97 Å². The van der Waals surface area contributed by atoms with E-state index in [0.29, 0.717) is 42.6 Å². The van der Waals surface area contributed by atoms with E-state index in [2.05, 4.69) is 26.7 Å². The second kappa shape index (κ2) is 36.0. The van der Waals surface area contributed by atoms with Gasteiger partial charge in [0.2, 0.25) is 5.75 Å². The summed E-state index contributed by atoms with van der Waals surface area (Å²) >= 11 is 0. The summed E-state index contributed by atoms with van der Waals surface area (Å²) in [5, 5.41) is 0. The molecule has 0 N–H and O–H groups in total. The van der Waals surface area contributed by atoms with Crippen molar-refractivity contribution in [1.29, 1.82) is 0 Å². The normalized spacial score (nSPS) is 11.1. The van der Waals surface area contributed by atoms with Crippen molar-refractivity contribution in [2.75, 3.05) is 19.8 Å². The third kappa shape index (κ3) is 25.8. The highest BCUT2D eigenvalue weighted by Crippen LogP contribution is 2.40. The lowest BCUT2D eigenvalue weighted by molar-refractivity contribution is 0.0471. The lowest BCUT2D eigenvalue weighted by atomic mass is 10.1. The van der Waals surface area contributed by atoms with Gasteiger partial charge in [-0.25, -0.2) is 4.79 Å². The second-order valence-corrected chi connectivity index (χ2v) is 16.3. The van der Waals surface area contributed by atoms with Crippen molar-refractivity contribution >= 4 is 5.97 Å². The average Bonchev–Trinajstić information content (AvgIpc) is 3.23. The summed E-state index contributed by atoms with van der Waals surface area (Å²) in [5.74, 6) is 3.99. The van der Waals surface area contributed by atoms with Crippen LogP contribution in [0.2, 0.25) is 0 Å². The Bertz CT molecular complexity index is 1230. The first kappa shape index (κ1) is 50.0. The summed E-state index contributed by atoms with van der Waals surface area (Å²) in [6, 6.07) is 11.1. The van der Waals surface area contributed by atoms with Gasteiger partial charge in [0.1, 0.15) is 6.61 Å². The van der Waals surface area contributed by atoms with E-state index in [4.69, 9.17) is 25.4 Å². The smallest absolute Gasteiger partial charge is 0.338 e. The standard InChI is InChI=1S/C52H84O5/c1-5-9-12-15-18-21-24-27-30-33-40-54-49-43-48(52(53)57-45-47-38-36-46(8-4)37-39-47)44-50(55-41-34-31-28-25-22-19-16-13-10-6-2)51(49)56-42-35-32-29-26-23-20-17-14-11-7-3/h4,36-39,43-44H,5-7,9-35,40-42,45H2,1-3H3. The summed E-state index contributed by atoms with van der Waals surface area (Å²) in [7, 11) is 0. The molecule has 2 aromatic carbocycles. The van der Waals surface area contributed by atoms with Crippen molar-refractivity contribution in [1.82, 2.24) is 0 Å². The maximum Gasteiger partial charge on any atom is 0.338 e. The highest BCUT2D eigenvalue weighted by Gasteiger charge is 2.20. The molecule has 0 fully saturated rings. The van der Waals surface area contributed by atoms with E-state index in [1.54, 1.807) is 12.1 Å². The van der Waals surface area contributed by atoms with Gasteiger partial charge in [-0.2, -0.15) is 0 Å². The quantitative estimate of drug-likeness (QED) is 0.0384. The molecule has 0 aliphatic rings. The molecule has 0 aromatic heterocycles. The molecule has 0 heterocycles. The van der Waals surface area contributed by atoms with Crippen molar-refractivity contribution in [3.63, 3.8) is 0 Å². The van der Waals surface area contributed by atoms with E-state index in [1.807, 2.05) is 24.3 Å². The zero-order valence-electron chi connectivity index (χ0n) is 37.1. The number of terminal acetylenes is 1. The van der Waals surface area contributed by atoms with Gasteiger partial charge in [-0.3, -0.25) is 0 Å². The van der Waals surface area contributed by atoms with Gasteiger partial charge in [-0.1, -0.05) is 212 Å². The lowest BCUT2D eigenvalue weighted by Gasteiger charge is -2.19. The molecule has 0 radical (unpaired) electrons. The van der Waals surface area contributed by atoms with Crippen LogP contribution in [-0.2, 0) is 11.3 Å². The SMILES string of the molecule is C#Cc1ccc(COC(=O)c2cc(OCCCCCCCCCCCC)c(OCCCCCCCCCCCC)c(OCCCCCCCCCCCC)c2)cc1. The zero-order valence-corrected chi connectivity index (χ0v) is 37.1. The van der Waals surface area contributed by atoms with Crippen molar-refractivity contribution in [3.05, 3.63) is 53.1 Å². The minimum Gasteiger partial charge on any atom is -0.490 e. The van der Waals surface area contributed by atoms with Gasteiger partial charge in [0, 0.05) is 5.56 Å². The Balaban J connectivity index is 2.07. The van der Waals surface area contributed by atoms with Crippen molar-refractivity contribution < 1.29 is 23.7 Å². The Morgan fingerprint density at radius 3 is 1.16 bits per heavy atom. The number of rotatable bonds is 39. The number of esters is 1. The average molecular weight is 789 g/mol. The van der Waals surface area contributed by atoms with Crippen LogP contribution in [0.15, 0.2) is 36.4 Å². The number of unbranched alkanes of at least 4 members (excludes halogenated alkanes) is 27. The predicted octanol–water partition coefficient (Wildman–Crippen LogP) is 15.9. The summed E-state index contributed by atoms with van der Waals surface area (Å²) in [5.41, 5.74) is 2.10. The maximum absolute atomic E-state index is 13.5. The second-order valence-electron chi connectivity index (χ2n) is 16.3. The Hall–Kier alpha value is -3.13. The predicted molar refractivity (Wildman–Crippen MR) is 242 cm³/mol. The van der Waals surface area contributed by atoms with Crippen LogP contribution >= 0.6 is 0 Å². The molecule has 0 bridgehead atoms. The molecule has 5 heteroatoms. The van der Waals surface area contributed by atoms with Crippen LogP contribution in [0.5, 0.6) is 17.2 Å². The van der Waals surface area contributed by atoms with E-state index in [9.17, 15) is 4.79 Å². The number of carbonyl (C=O) groups excluding carboxylic acids is 1. The largest absolute Gasteiger partial charge is 0.490 e. The van der Waals surface area contributed by atoms with Gasteiger partial charge < -0.3 is 18.9 Å². The van der Waals surface area contributed by atoms with Crippen LogP contribution in [0.1, 0.15) is 235 Å². The molecular formula is C52H84O5. The molecule has 322 valence electrons. The first-order chi connectivity index (χ1) is 28.1. The van der Waals surface area contributed by atoms with Crippen LogP contribution in [-0.4, -0.2) is 25.8 Å². The van der Waals surface area contributed by atoms with E-state index >= 15 is 0 Å². The van der Waals surface area contributed by atoms with Gasteiger partial charge in [-0.15, -0.1) is 6.42 Å². The topological polar surface area (TPSA) is 54.0 Å². The third-order valence-electron chi connectivity index (χ3n) is 11.0. The molecule has 5 nitrogen and oxygen atoms in total. The van der Waals surface area contributed by atoms with E-state index in [1.165, 1.54) is 154 Å². The van der Waals surface area contributed by atoms with Crippen molar-refractivity contribution in [3.8, 4) is 29.6 Å². The summed E-state index contributed by atoms with van der Waals surface area (Å²) < 4.78 is 25.2. The number of carbonyl (C=O) groups is 1. The summed E-state index contributed by atoms with van der Waals surface area (Å²) in [4.78, 5) is 13.5. The number of hydrogen-bond donors (Lipinski definition) is 0. The minimum absolute atomic E-state index is 0.157. The summed E-state index contributed by atoms with van der Waals surface area (Å²) in [6.07, 6.45) is 43.5. The van der Waals surface area contributed by atoms with Crippen LogP contribution in [0.4, 0.5) is 0 Å². The Kier molecular flexibility index (Phi) is 31.6. The molecule has 2 rings (SSSR count). The van der Waals surface area contributed by atoms with Gasteiger partial charge in [-0.05, 0) is 49.1 Å². The molecule has 0 saturated heterocycles. The molecule has 0 saturated carbocycles. The number of ether oxygens (including phenoxy) is 4. The molecule has 2 aromatic rings. The minimum atomic E-state index is -0.412. The van der Waals surface area contributed by atoms with Crippen LogP contribution in [0.3, 0.4) is 0 Å². The fourth-order valence-electron chi connectivity index (χ4n) is 7.29. The van der Waals surface area contributed by atoms with Gasteiger partial charge >= 0.3 is 5.97 Å². The lowest BCUT2D eigenvalue weighted by Crippen LogP contribution is -2.10. The molecule has 0 atom stereocenters. The Labute approximate surface area is 351 Å². The fraction of sp³-hybridized carbons (Fsp3) is 0.712. The van der Waals surface area contributed by atoms with Gasteiger partial charge in [0.25, 0.3) is 0 Å². The Morgan fingerprint density at radius 2 is 0.807 bits per heavy atom. The Morgan fingerprint density at radius 1 is 0.474 bits per heavy atom.